The Morgan fingerprint density at radius 3 is 2.40 bits per heavy atom. The van der Waals surface area contributed by atoms with Gasteiger partial charge >= 0.3 is 0 Å². The molecule has 1 aliphatic rings. The molecule has 160 valence electrons. The summed E-state index contributed by atoms with van der Waals surface area (Å²) in [4.78, 5) is 17.0. The van der Waals surface area contributed by atoms with Crippen molar-refractivity contribution in [3.05, 3.63) is 63.6 Å². The van der Waals surface area contributed by atoms with E-state index < -0.39 is 0 Å². The predicted molar refractivity (Wildman–Crippen MR) is 126 cm³/mol. The Morgan fingerprint density at radius 2 is 1.73 bits per heavy atom. The van der Waals surface area contributed by atoms with Gasteiger partial charge in [0.05, 0.1) is 5.02 Å². The molecule has 2 aromatic carbocycles. The van der Waals surface area contributed by atoms with Crippen LogP contribution in [0.25, 0.3) is 6.08 Å². The molecule has 1 saturated heterocycles. The Labute approximate surface area is 189 Å². The first kappa shape index (κ1) is 22.7. The van der Waals surface area contributed by atoms with E-state index in [9.17, 15) is 4.79 Å². The summed E-state index contributed by atoms with van der Waals surface area (Å²) < 4.78 is 5.82. The van der Waals surface area contributed by atoms with E-state index in [1.807, 2.05) is 43.3 Å². The Balaban J connectivity index is 1.61. The van der Waals surface area contributed by atoms with Gasteiger partial charge in [0.2, 0.25) is 0 Å². The fraction of sp³-hybridized carbons (Fsp3) is 0.375. The largest absolute Gasteiger partial charge is 0.491 e. The number of halogens is 2. The van der Waals surface area contributed by atoms with Gasteiger partial charge in [0.1, 0.15) is 17.4 Å². The van der Waals surface area contributed by atoms with Crippen LogP contribution in [-0.4, -0.2) is 51.0 Å². The highest BCUT2D eigenvalue weighted by atomic mass is 35.5. The summed E-state index contributed by atoms with van der Waals surface area (Å²) in [7, 11) is 3.97. The third kappa shape index (κ3) is 6.00. The number of rotatable bonds is 8. The first-order chi connectivity index (χ1) is 14.5. The molecule has 0 spiro atoms. The van der Waals surface area contributed by atoms with Gasteiger partial charge in [0.25, 0.3) is 0 Å². The quantitative estimate of drug-likeness (QED) is 0.377. The number of nitrogens with zero attached hydrogens (tertiary/aromatic N) is 2. The molecule has 3 rings (SSSR count). The van der Waals surface area contributed by atoms with Crippen LogP contribution in [0.1, 0.15) is 35.2 Å². The Morgan fingerprint density at radius 1 is 1.03 bits per heavy atom. The van der Waals surface area contributed by atoms with Gasteiger partial charge in [-0.2, -0.15) is 0 Å². The average molecular weight is 447 g/mol. The number of ketones is 1. The highest BCUT2D eigenvalue weighted by Gasteiger charge is 2.16. The van der Waals surface area contributed by atoms with E-state index in [0.29, 0.717) is 17.9 Å². The van der Waals surface area contributed by atoms with Crippen LogP contribution in [0, 0.1) is 0 Å². The summed E-state index contributed by atoms with van der Waals surface area (Å²) in [5.41, 5.74) is 2.41. The maximum atomic E-state index is 12.6. The zero-order valence-corrected chi connectivity index (χ0v) is 19.0. The standard InChI is InChI=1S/C24H28Cl2N2O2/c1-27(2)19-9-6-18(7-10-19)8-12-21(29)20-11-13-22(24(26)23(20)25)30-17-16-28-14-4-3-5-15-28/h6-13H,3-5,14-17H2,1-2H3. The summed E-state index contributed by atoms with van der Waals surface area (Å²) in [5.74, 6) is 0.317. The fourth-order valence-electron chi connectivity index (χ4n) is 3.45. The van der Waals surface area contributed by atoms with Crippen LogP contribution in [0.15, 0.2) is 42.5 Å². The van der Waals surface area contributed by atoms with Crippen molar-refractivity contribution >= 4 is 40.7 Å². The second-order valence-corrected chi connectivity index (χ2v) is 8.43. The van der Waals surface area contributed by atoms with E-state index in [-0.39, 0.29) is 15.8 Å². The molecule has 0 saturated carbocycles. The molecule has 0 atom stereocenters. The zero-order valence-electron chi connectivity index (χ0n) is 17.5. The maximum Gasteiger partial charge on any atom is 0.187 e. The Hall–Kier alpha value is -2.01. The van der Waals surface area contributed by atoms with E-state index in [1.165, 1.54) is 25.3 Å². The number of carbonyl (C=O) groups is 1. The smallest absolute Gasteiger partial charge is 0.187 e. The lowest BCUT2D eigenvalue weighted by molar-refractivity contribution is 0.104. The third-order valence-electron chi connectivity index (χ3n) is 5.26. The molecular formula is C24H28Cl2N2O2. The van der Waals surface area contributed by atoms with Gasteiger partial charge < -0.3 is 9.64 Å². The van der Waals surface area contributed by atoms with Gasteiger partial charge in [0, 0.05) is 31.9 Å². The number of hydrogen-bond acceptors (Lipinski definition) is 4. The van der Waals surface area contributed by atoms with Crippen molar-refractivity contribution in [3.8, 4) is 5.75 Å². The average Bonchev–Trinajstić information content (AvgIpc) is 2.76. The molecule has 2 aromatic rings. The predicted octanol–water partition coefficient (Wildman–Crippen LogP) is 5.82. The van der Waals surface area contributed by atoms with Crippen LogP contribution in [0.5, 0.6) is 5.75 Å². The van der Waals surface area contributed by atoms with Gasteiger partial charge in [-0.3, -0.25) is 9.69 Å². The van der Waals surface area contributed by atoms with Crippen LogP contribution in [0.2, 0.25) is 10.0 Å². The molecule has 0 N–H and O–H groups in total. The van der Waals surface area contributed by atoms with Gasteiger partial charge in [-0.05, 0) is 61.8 Å². The number of allylic oxidation sites excluding steroid dienone is 1. The van der Waals surface area contributed by atoms with Crippen LogP contribution in [0.3, 0.4) is 0 Å². The van der Waals surface area contributed by atoms with Crippen molar-refractivity contribution in [2.45, 2.75) is 19.3 Å². The minimum atomic E-state index is -0.196. The number of hydrogen-bond donors (Lipinski definition) is 0. The van der Waals surface area contributed by atoms with Gasteiger partial charge in [-0.25, -0.2) is 0 Å². The topological polar surface area (TPSA) is 32.8 Å². The molecule has 6 heteroatoms. The van der Waals surface area contributed by atoms with Gasteiger partial charge in [0.15, 0.2) is 5.78 Å². The number of benzene rings is 2. The number of carbonyl (C=O) groups excluding carboxylic acids is 1. The normalized spacial score (nSPS) is 14.8. The monoisotopic (exact) mass is 446 g/mol. The molecule has 0 radical (unpaired) electrons. The minimum Gasteiger partial charge on any atom is -0.491 e. The van der Waals surface area contributed by atoms with E-state index in [4.69, 9.17) is 27.9 Å². The molecular weight excluding hydrogens is 419 g/mol. The lowest BCUT2D eigenvalue weighted by Crippen LogP contribution is -2.33. The number of piperidine rings is 1. The van der Waals surface area contributed by atoms with Crippen LogP contribution in [0.4, 0.5) is 5.69 Å². The van der Waals surface area contributed by atoms with E-state index in [2.05, 4.69) is 4.90 Å². The van der Waals surface area contributed by atoms with Crippen molar-refractivity contribution in [1.82, 2.24) is 4.90 Å². The molecule has 4 nitrogen and oxygen atoms in total. The summed E-state index contributed by atoms with van der Waals surface area (Å²) >= 11 is 12.8. The first-order valence-electron chi connectivity index (χ1n) is 10.3. The molecule has 0 unspecified atom stereocenters. The van der Waals surface area contributed by atoms with Crippen LogP contribution >= 0.6 is 23.2 Å². The van der Waals surface area contributed by atoms with Crippen molar-refractivity contribution in [1.29, 1.82) is 0 Å². The lowest BCUT2D eigenvalue weighted by Gasteiger charge is -2.26. The second-order valence-electron chi connectivity index (χ2n) is 7.67. The first-order valence-corrected chi connectivity index (χ1v) is 11.0. The summed E-state index contributed by atoms with van der Waals surface area (Å²) in [6.45, 7) is 3.65. The molecule has 1 heterocycles. The second kappa shape index (κ2) is 10.9. The number of ether oxygens (including phenoxy) is 1. The molecule has 0 bridgehead atoms. The van der Waals surface area contributed by atoms with Crippen molar-refractivity contribution in [3.63, 3.8) is 0 Å². The Bertz CT molecular complexity index is 889. The third-order valence-corrected chi connectivity index (χ3v) is 6.13. The maximum absolute atomic E-state index is 12.6. The number of anilines is 1. The molecule has 30 heavy (non-hydrogen) atoms. The number of likely N-dealkylation sites (tertiary alicyclic amines) is 1. The Kier molecular flexibility index (Phi) is 8.20. The van der Waals surface area contributed by atoms with Crippen LogP contribution in [-0.2, 0) is 0 Å². The summed E-state index contributed by atoms with van der Waals surface area (Å²) in [6.07, 6.45) is 7.09. The fourth-order valence-corrected chi connectivity index (χ4v) is 3.92. The molecule has 0 aliphatic carbocycles. The van der Waals surface area contributed by atoms with E-state index in [0.717, 1.165) is 30.9 Å². The van der Waals surface area contributed by atoms with E-state index >= 15 is 0 Å². The van der Waals surface area contributed by atoms with Crippen molar-refractivity contribution in [2.24, 2.45) is 0 Å². The molecule has 1 aliphatic heterocycles. The van der Waals surface area contributed by atoms with Crippen molar-refractivity contribution < 1.29 is 9.53 Å². The van der Waals surface area contributed by atoms with Gasteiger partial charge in [-0.15, -0.1) is 0 Å². The SMILES string of the molecule is CN(C)c1ccc(C=CC(=O)c2ccc(OCCN3CCCCC3)c(Cl)c2Cl)cc1. The van der Waals surface area contributed by atoms with E-state index in [1.54, 1.807) is 18.2 Å². The highest BCUT2D eigenvalue weighted by molar-refractivity contribution is 6.45. The molecule has 0 aromatic heterocycles. The van der Waals surface area contributed by atoms with Gasteiger partial charge in [-0.1, -0.05) is 47.8 Å². The summed E-state index contributed by atoms with van der Waals surface area (Å²) in [5, 5.41) is 0.509. The minimum absolute atomic E-state index is 0.196. The zero-order chi connectivity index (χ0) is 21.5. The molecule has 0 amide bonds. The highest BCUT2D eigenvalue weighted by Crippen LogP contribution is 2.35. The van der Waals surface area contributed by atoms with Crippen molar-refractivity contribution in [2.75, 3.05) is 45.2 Å². The van der Waals surface area contributed by atoms with Crippen LogP contribution < -0.4 is 9.64 Å². The summed E-state index contributed by atoms with van der Waals surface area (Å²) in [6, 6.07) is 11.3. The lowest BCUT2D eigenvalue weighted by atomic mass is 10.1. The molecule has 1 fully saturated rings.